The first-order valence-corrected chi connectivity index (χ1v) is 18.0. The number of nitrogens with one attached hydrogen (secondary N) is 1. The molecular weight excluding hydrogens is 642 g/mol. The molecule has 7 rings (SSSR count). The van der Waals surface area contributed by atoms with Crippen LogP contribution < -0.4 is 15.1 Å². The van der Waals surface area contributed by atoms with Crippen LogP contribution in [0.25, 0.3) is 10.2 Å². The van der Waals surface area contributed by atoms with Gasteiger partial charge in [-0.15, -0.1) is 0 Å². The van der Waals surface area contributed by atoms with Gasteiger partial charge in [0.05, 0.1) is 28.2 Å². The Morgan fingerprint density at radius 1 is 1.02 bits per heavy atom. The van der Waals surface area contributed by atoms with Crippen molar-refractivity contribution in [3.05, 3.63) is 102 Å². The van der Waals surface area contributed by atoms with Gasteiger partial charge in [-0.25, -0.2) is 9.37 Å². The maximum atomic E-state index is 14.5. The Labute approximate surface area is 289 Å². The average molecular weight is 682 g/mol. The lowest BCUT2D eigenvalue weighted by Gasteiger charge is -2.29. The van der Waals surface area contributed by atoms with Crippen LogP contribution in [0.5, 0.6) is 10.9 Å². The van der Waals surface area contributed by atoms with Gasteiger partial charge in [0, 0.05) is 18.8 Å². The Morgan fingerprint density at radius 3 is 2.69 bits per heavy atom. The number of Topliss-reactive ketones (excluding diaryl/α,β-unsaturated/α-hetero) is 1. The molecule has 1 aromatic heterocycles. The number of amides is 2. The zero-order valence-corrected chi connectivity index (χ0v) is 28.1. The molecule has 3 aliphatic rings. The second-order valence-corrected chi connectivity index (χ2v) is 14.5. The third kappa shape index (κ3) is 7.54. The number of ether oxygens (including phenoxy) is 1. The summed E-state index contributed by atoms with van der Waals surface area (Å²) < 4.78 is 21.5. The minimum absolute atomic E-state index is 0.0249. The van der Waals surface area contributed by atoms with Crippen molar-refractivity contribution >= 4 is 39.2 Å². The summed E-state index contributed by atoms with van der Waals surface area (Å²) in [6.07, 6.45) is 9.10. The number of para-hydroxylation sites is 2. The Hall–Kier alpha value is -4.57. The van der Waals surface area contributed by atoms with E-state index in [1.165, 1.54) is 23.5 Å². The maximum absolute atomic E-state index is 14.5. The fraction of sp³-hybridized carbons (Fsp3) is 0.385. The number of carbonyl (C=O) groups is 3. The van der Waals surface area contributed by atoms with Crippen molar-refractivity contribution in [3.63, 3.8) is 0 Å². The van der Waals surface area contributed by atoms with Gasteiger partial charge in [0.15, 0.2) is 11.5 Å². The zero-order chi connectivity index (χ0) is 33.8. The number of benzene rings is 3. The Bertz CT molecular complexity index is 1810. The molecule has 4 aromatic rings. The number of aromatic nitrogens is 1. The number of carbonyl (C=O) groups excluding carboxylic acids is 3. The number of ketones is 1. The fourth-order valence-corrected chi connectivity index (χ4v) is 8.20. The number of hydrogen-bond donors (Lipinski definition) is 1. The Morgan fingerprint density at radius 2 is 1.86 bits per heavy atom. The quantitative estimate of drug-likeness (QED) is 0.163. The molecule has 1 N–H and O–H groups in total. The highest BCUT2D eigenvalue weighted by Crippen LogP contribution is 2.57. The predicted molar refractivity (Wildman–Crippen MR) is 185 cm³/mol. The monoisotopic (exact) mass is 681 g/mol. The Balaban J connectivity index is 1.16. The van der Waals surface area contributed by atoms with Crippen molar-refractivity contribution in [2.45, 2.75) is 69.9 Å². The van der Waals surface area contributed by atoms with Crippen LogP contribution in [0.2, 0.25) is 0 Å². The number of allylic oxidation sites excluding steroid dienone is 2. The normalized spacial score (nSPS) is 26.6. The standard InChI is InChI=1S/C39H40FN3O5S/c40-29-15-11-12-26(21-29)20-27-13-5-2-1-3-6-14-28-23-39(28,37(46)42-48-30-16-7-4-8-17-30)24-34(44)33-22-31(25-43(33)36(27)45)47-38-41-32-18-9-10-19-35(32)49-38/h4,6-12,14-19,21,27-28,31,33H,1-3,5,13,20,22-25H2,(H,42,46)/b14-6-/t27-,28-,31-,33+,39-/m1/s1. The van der Waals surface area contributed by atoms with E-state index in [4.69, 9.17) is 9.57 Å². The largest absolute Gasteiger partial charge is 0.465 e. The second-order valence-electron chi connectivity index (χ2n) is 13.5. The van der Waals surface area contributed by atoms with Gasteiger partial charge >= 0.3 is 0 Å². The topological polar surface area (TPSA) is 97.8 Å². The number of nitrogens with zero attached hydrogens (tertiary/aromatic N) is 2. The summed E-state index contributed by atoms with van der Waals surface area (Å²) >= 11 is 1.43. The molecule has 0 unspecified atom stereocenters. The van der Waals surface area contributed by atoms with E-state index < -0.39 is 23.5 Å². The van der Waals surface area contributed by atoms with Crippen LogP contribution in [0, 0.1) is 23.1 Å². The summed E-state index contributed by atoms with van der Waals surface area (Å²) in [5, 5.41) is 0.492. The molecule has 0 radical (unpaired) electrons. The van der Waals surface area contributed by atoms with E-state index in [0.29, 0.717) is 36.6 Å². The third-order valence-corrected chi connectivity index (χ3v) is 11.0. The molecule has 5 atom stereocenters. The number of hydroxylamine groups is 1. The van der Waals surface area contributed by atoms with E-state index in [2.05, 4.69) is 22.6 Å². The Kier molecular flexibility index (Phi) is 9.75. The molecule has 3 heterocycles. The highest BCUT2D eigenvalue weighted by atomic mass is 32.1. The second kappa shape index (κ2) is 14.5. The summed E-state index contributed by atoms with van der Waals surface area (Å²) in [6, 6.07) is 22.4. The number of rotatable bonds is 7. The van der Waals surface area contributed by atoms with Crippen molar-refractivity contribution in [3.8, 4) is 10.9 Å². The van der Waals surface area contributed by atoms with E-state index in [1.54, 1.807) is 23.1 Å². The molecule has 8 nitrogen and oxygen atoms in total. The summed E-state index contributed by atoms with van der Waals surface area (Å²) in [6.45, 7) is 0.227. The van der Waals surface area contributed by atoms with Crippen LogP contribution >= 0.6 is 11.3 Å². The lowest BCUT2D eigenvalue weighted by Crippen LogP contribution is -2.46. The SMILES string of the molecule is O=C1C[C@]2(C(=O)NOc3ccccc3)C[C@H]2/C=C\CCCCC[C@H](Cc2cccc(F)c2)C(=O)N2C[C@H](Oc3nc4ccccc4s3)C[C@@H]12. The number of fused-ring (bicyclic) bond motifs is 3. The van der Waals surface area contributed by atoms with Crippen molar-refractivity contribution in [1.29, 1.82) is 0 Å². The smallest absolute Gasteiger partial charge is 0.274 e. The minimum atomic E-state index is -0.968. The molecule has 49 heavy (non-hydrogen) atoms. The van der Waals surface area contributed by atoms with Crippen LogP contribution in [0.4, 0.5) is 4.39 Å². The summed E-state index contributed by atoms with van der Waals surface area (Å²) in [5.41, 5.74) is 3.22. The highest BCUT2D eigenvalue weighted by Gasteiger charge is 2.61. The lowest BCUT2D eigenvalue weighted by atomic mass is 9.90. The third-order valence-electron chi connectivity index (χ3n) is 10.1. The molecule has 2 fully saturated rings. The van der Waals surface area contributed by atoms with Crippen LogP contribution in [0.1, 0.15) is 56.9 Å². The molecule has 0 spiro atoms. The van der Waals surface area contributed by atoms with Gasteiger partial charge in [0.25, 0.3) is 11.1 Å². The van der Waals surface area contributed by atoms with Crippen LogP contribution in [-0.4, -0.2) is 46.2 Å². The number of halogens is 1. The van der Waals surface area contributed by atoms with Crippen LogP contribution in [-0.2, 0) is 20.8 Å². The summed E-state index contributed by atoms with van der Waals surface area (Å²) in [7, 11) is 0. The van der Waals surface area contributed by atoms with E-state index in [0.717, 1.165) is 41.5 Å². The summed E-state index contributed by atoms with van der Waals surface area (Å²) in [5.74, 6) is -1.03. The minimum Gasteiger partial charge on any atom is -0.465 e. The van der Waals surface area contributed by atoms with Crippen molar-refractivity contribution in [2.75, 3.05) is 6.54 Å². The highest BCUT2D eigenvalue weighted by molar-refractivity contribution is 7.20. The first-order chi connectivity index (χ1) is 23.9. The molecule has 254 valence electrons. The van der Waals surface area contributed by atoms with E-state index in [9.17, 15) is 18.8 Å². The molecule has 1 saturated heterocycles. The maximum Gasteiger partial charge on any atom is 0.274 e. The molecule has 1 aliphatic carbocycles. The molecule has 2 amide bonds. The van der Waals surface area contributed by atoms with Crippen LogP contribution in [0.15, 0.2) is 91.0 Å². The van der Waals surface area contributed by atoms with E-state index >= 15 is 0 Å². The molecular formula is C39H40FN3O5S. The van der Waals surface area contributed by atoms with Crippen LogP contribution in [0.3, 0.4) is 0 Å². The van der Waals surface area contributed by atoms with Gasteiger partial charge in [0.2, 0.25) is 5.91 Å². The summed E-state index contributed by atoms with van der Waals surface area (Å²) in [4.78, 5) is 54.5. The number of hydrogen-bond acceptors (Lipinski definition) is 7. The van der Waals surface area contributed by atoms with Gasteiger partial charge in [-0.05, 0) is 80.0 Å². The molecule has 2 aliphatic heterocycles. The van der Waals surface area contributed by atoms with E-state index in [-0.39, 0.29) is 42.3 Å². The molecule has 0 bridgehead atoms. The van der Waals surface area contributed by atoms with Gasteiger partial charge < -0.3 is 14.5 Å². The number of thiazole rings is 1. The van der Waals surface area contributed by atoms with Gasteiger partial charge in [-0.3, -0.25) is 14.4 Å². The first-order valence-electron chi connectivity index (χ1n) is 17.2. The van der Waals surface area contributed by atoms with Gasteiger partial charge in [-0.1, -0.05) is 78.8 Å². The predicted octanol–water partition coefficient (Wildman–Crippen LogP) is 7.24. The average Bonchev–Trinajstić information content (AvgIpc) is 3.41. The molecule has 1 saturated carbocycles. The van der Waals surface area contributed by atoms with Gasteiger partial charge in [-0.2, -0.15) is 5.48 Å². The molecule has 3 aromatic carbocycles. The zero-order valence-electron chi connectivity index (χ0n) is 27.3. The van der Waals surface area contributed by atoms with E-state index in [1.807, 2.05) is 48.5 Å². The molecule has 10 heteroatoms. The van der Waals surface area contributed by atoms with Crippen molar-refractivity contribution in [1.82, 2.24) is 15.4 Å². The van der Waals surface area contributed by atoms with Crippen molar-refractivity contribution < 1.29 is 28.3 Å². The van der Waals surface area contributed by atoms with Gasteiger partial charge in [0.1, 0.15) is 11.9 Å². The first kappa shape index (κ1) is 33.0. The lowest BCUT2D eigenvalue weighted by molar-refractivity contribution is -0.143. The fourth-order valence-electron chi connectivity index (χ4n) is 7.32. The van der Waals surface area contributed by atoms with Crippen molar-refractivity contribution in [2.24, 2.45) is 17.3 Å².